The molecule has 6 rings (SSSR count). The van der Waals surface area contributed by atoms with E-state index in [-0.39, 0.29) is 36.6 Å². The Morgan fingerprint density at radius 1 is 1.02 bits per heavy atom. The van der Waals surface area contributed by atoms with Crippen molar-refractivity contribution >= 4 is 52.7 Å². The Morgan fingerprint density at radius 3 is 2.41 bits per heavy atom. The molecule has 0 aliphatic carbocycles. The number of aliphatic hydroxyl groups excluding tert-OH is 1. The fraction of sp³-hybridized carbons (Fsp3) is 0.469. The van der Waals surface area contributed by atoms with E-state index in [0.29, 0.717) is 41.2 Å². The number of halogens is 2. The van der Waals surface area contributed by atoms with E-state index in [1.54, 1.807) is 19.4 Å². The van der Waals surface area contributed by atoms with E-state index in [4.69, 9.17) is 24.7 Å². The van der Waals surface area contributed by atoms with Crippen molar-refractivity contribution < 1.29 is 28.9 Å². The average molecular weight is 652 g/mol. The van der Waals surface area contributed by atoms with Gasteiger partial charge in [-0.05, 0) is 62.5 Å². The number of nitrogens with one attached hydrogen (secondary N) is 1. The summed E-state index contributed by atoms with van der Waals surface area (Å²) in [5.41, 5.74) is 8.32. The fourth-order valence-corrected chi connectivity index (χ4v) is 5.76. The van der Waals surface area contributed by atoms with Gasteiger partial charge < -0.3 is 44.6 Å². The van der Waals surface area contributed by atoms with Gasteiger partial charge in [0.2, 0.25) is 0 Å². The lowest BCUT2D eigenvalue weighted by Gasteiger charge is -2.36. The summed E-state index contributed by atoms with van der Waals surface area (Å²) in [6.45, 7) is 9.18. The molecule has 2 aromatic heterocycles. The number of nitrogens with two attached hydrogens (primary N) is 1. The molecule has 5 N–H and O–H groups in total. The van der Waals surface area contributed by atoms with Gasteiger partial charge in [0.25, 0.3) is 0 Å². The van der Waals surface area contributed by atoms with Crippen LogP contribution in [0.5, 0.6) is 11.5 Å². The highest BCUT2D eigenvalue weighted by Gasteiger charge is 2.24. The third kappa shape index (κ3) is 8.59. The number of aliphatic hydroxyl groups is 1. The molecule has 12 heteroatoms. The van der Waals surface area contributed by atoms with Crippen LogP contribution in [0.15, 0.2) is 53.1 Å². The van der Waals surface area contributed by atoms with E-state index in [2.05, 4.69) is 21.7 Å². The molecule has 242 valence electrons. The molecule has 4 aromatic rings. The Balaban J connectivity index is 0.000000246. The number of carboxylic acids is 1. The van der Waals surface area contributed by atoms with E-state index in [0.717, 1.165) is 74.9 Å². The maximum atomic E-state index is 11.1. The van der Waals surface area contributed by atoms with E-state index in [9.17, 15) is 9.90 Å². The van der Waals surface area contributed by atoms with Crippen molar-refractivity contribution in [2.75, 3.05) is 46.4 Å². The van der Waals surface area contributed by atoms with Gasteiger partial charge in [-0.1, -0.05) is 25.1 Å². The normalized spacial score (nSPS) is 19.5. The topological polar surface area (TPSA) is 137 Å². The number of piperidine rings is 2. The molecule has 0 saturated carbocycles. The zero-order valence-corrected chi connectivity index (χ0v) is 26.9. The van der Waals surface area contributed by atoms with Gasteiger partial charge in [0, 0.05) is 54.1 Å². The standard InChI is InChI=1S/C19H15NO5.C13H27N3O.2ClH/c1-23-17-7-2-4-12-11(10-25-18(12)17)9-24-16-6-3-5-14-13(16)8-15(20-14)19(21)22;1-11-10-16(7-4-13(11)17)9-8-15-5-2-12(14)3-6-15;;/h2-8,10,20H,9H2,1H3,(H,21,22);11-13,17H,2-10,14H2,1H3;2*1H/t;11-,13-;;/m.0../s1. The molecule has 0 amide bonds. The van der Waals surface area contributed by atoms with Gasteiger partial charge in [-0.25, -0.2) is 4.79 Å². The molecular weight excluding hydrogens is 607 g/mol. The van der Waals surface area contributed by atoms with Gasteiger partial charge in [0.15, 0.2) is 11.3 Å². The van der Waals surface area contributed by atoms with Crippen LogP contribution in [-0.2, 0) is 6.61 Å². The first-order chi connectivity index (χ1) is 20.3. The quantitative estimate of drug-likeness (QED) is 0.204. The first-order valence-corrected chi connectivity index (χ1v) is 14.7. The van der Waals surface area contributed by atoms with E-state index in [1.807, 2.05) is 36.4 Å². The maximum absolute atomic E-state index is 11.1. The molecule has 2 atom stereocenters. The number of ether oxygens (including phenoxy) is 2. The van der Waals surface area contributed by atoms with Crippen molar-refractivity contribution in [2.45, 2.75) is 44.9 Å². The average Bonchev–Trinajstić information content (AvgIpc) is 3.63. The molecule has 0 bridgehead atoms. The van der Waals surface area contributed by atoms with Crippen LogP contribution in [-0.4, -0.2) is 89.5 Å². The van der Waals surface area contributed by atoms with Gasteiger partial charge in [-0.15, -0.1) is 24.8 Å². The number of aromatic amines is 1. The first kappa shape index (κ1) is 35.5. The van der Waals surface area contributed by atoms with Crippen LogP contribution in [0.1, 0.15) is 42.2 Å². The van der Waals surface area contributed by atoms with Crippen molar-refractivity contribution in [1.29, 1.82) is 0 Å². The Hall–Kier alpha value is -2.99. The predicted octanol–water partition coefficient (Wildman–Crippen LogP) is 5.16. The zero-order valence-electron chi connectivity index (χ0n) is 25.2. The molecule has 2 aromatic carbocycles. The molecule has 0 spiro atoms. The Labute approximate surface area is 270 Å². The number of methoxy groups -OCH3 is 1. The van der Waals surface area contributed by atoms with E-state index in [1.165, 1.54) is 0 Å². The number of carbonyl (C=O) groups is 1. The lowest BCUT2D eigenvalue weighted by Crippen LogP contribution is -2.47. The third-order valence-electron chi connectivity index (χ3n) is 8.41. The number of hydrogen-bond donors (Lipinski definition) is 4. The molecule has 2 fully saturated rings. The fourth-order valence-electron chi connectivity index (χ4n) is 5.76. The van der Waals surface area contributed by atoms with Crippen molar-refractivity contribution in [2.24, 2.45) is 11.7 Å². The van der Waals surface area contributed by atoms with Crippen LogP contribution < -0.4 is 15.2 Å². The molecule has 2 aliphatic heterocycles. The first-order valence-electron chi connectivity index (χ1n) is 14.7. The maximum Gasteiger partial charge on any atom is 0.352 e. The summed E-state index contributed by atoms with van der Waals surface area (Å²) in [7, 11) is 1.60. The molecule has 2 aliphatic rings. The Bertz CT molecular complexity index is 1490. The van der Waals surface area contributed by atoms with Crippen molar-refractivity contribution in [3.05, 3.63) is 60.0 Å². The van der Waals surface area contributed by atoms with Crippen LogP contribution in [0, 0.1) is 5.92 Å². The summed E-state index contributed by atoms with van der Waals surface area (Å²) in [4.78, 5) is 19.0. The van der Waals surface area contributed by atoms with E-state index >= 15 is 0 Å². The SMILES string of the molecule is COc1cccc2c(COc3cccc4[nH]c(C(=O)O)cc34)coc12.C[C@H]1CN(CCN2CCC(N)CC2)CC[C@@H]1O.Cl.Cl. The Kier molecular flexibility index (Phi) is 13.2. The predicted molar refractivity (Wildman–Crippen MR) is 177 cm³/mol. The highest BCUT2D eigenvalue weighted by atomic mass is 35.5. The highest BCUT2D eigenvalue weighted by molar-refractivity contribution is 5.96. The third-order valence-corrected chi connectivity index (χ3v) is 8.41. The largest absolute Gasteiger partial charge is 0.493 e. The van der Waals surface area contributed by atoms with Gasteiger partial charge >= 0.3 is 5.97 Å². The number of H-pyrrole nitrogens is 1. The summed E-state index contributed by atoms with van der Waals surface area (Å²) in [6.07, 6.45) is 4.79. The van der Waals surface area contributed by atoms with E-state index < -0.39 is 5.97 Å². The monoisotopic (exact) mass is 650 g/mol. The van der Waals surface area contributed by atoms with Crippen molar-refractivity contribution in [3.63, 3.8) is 0 Å². The van der Waals surface area contributed by atoms with Crippen LogP contribution in [0.3, 0.4) is 0 Å². The van der Waals surface area contributed by atoms with Crippen molar-refractivity contribution in [3.8, 4) is 11.5 Å². The van der Waals surface area contributed by atoms with Crippen LogP contribution in [0.25, 0.3) is 21.9 Å². The van der Waals surface area contributed by atoms with Crippen LogP contribution in [0.2, 0.25) is 0 Å². The Morgan fingerprint density at radius 2 is 1.70 bits per heavy atom. The van der Waals surface area contributed by atoms with Gasteiger partial charge in [-0.2, -0.15) is 0 Å². The molecular formula is C32H44Cl2N4O6. The number of rotatable bonds is 8. The van der Waals surface area contributed by atoms with Crippen LogP contribution in [0.4, 0.5) is 0 Å². The number of para-hydroxylation sites is 1. The number of furan rings is 1. The minimum absolute atomic E-state index is 0. The number of fused-ring (bicyclic) bond motifs is 2. The second-order valence-corrected chi connectivity index (χ2v) is 11.4. The second-order valence-electron chi connectivity index (χ2n) is 11.4. The summed E-state index contributed by atoms with van der Waals surface area (Å²) in [5.74, 6) is 0.703. The lowest BCUT2D eigenvalue weighted by atomic mass is 9.97. The molecule has 44 heavy (non-hydrogen) atoms. The van der Waals surface area contributed by atoms with Crippen molar-refractivity contribution in [1.82, 2.24) is 14.8 Å². The minimum atomic E-state index is -1.00. The zero-order chi connectivity index (χ0) is 29.6. The highest BCUT2D eigenvalue weighted by Crippen LogP contribution is 2.32. The molecule has 0 unspecified atom stereocenters. The number of hydrogen-bond acceptors (Lipinski definition) is 8. The second kappa shape index (κ2) is 16.4. The number of aromatic nitrogens is 1. The number of nitrogens with zero attached hydrogens (tertiary/aromatic N) is 2. The number of benzene rings is 2. The van der Waals surface area contributed by atoms with Crippen LogP contribution >= 0.6 is 24.8 Å². The smallest absolute Gasteiger partial charge is 0.352 e. The van der Waals surface area contributed by atoms with Gasteiger partial charge in [0.1, 0.15) is 18.1 Å². The number of likely N-dealkylation sites (tertiary alicyclic amines) is 2. The van der Waals surface area contributed by atoms with Gasteiger partial charge in [-0.3, -0.25) is 0 Å². The van der Waals surface area contributed by atoms with Gasteiger partial charge in [0.05, 0.1) is 19.5 Å². The lowest BCUT2D eigenvalue weighted by molar-refractivity contribution is 0.0304. The summed E-state index contributed by atoms with van der Waals surface area (Å²) in [5, 5.41) is 20.5. The molecule has 0 radical (unpaired) electrons. The molecule has 4 heterocycles. The summed E-state index contributed by atoms with van der Waals surface area (Å²) >= 11 is 0. The summed E-state index contributed by atoms with van der Waals surface area (Å²) < 4.78 is 16.8. The summed E-state index contributed by atoms with van der Waals surface area (Å²) in [6, 6.07) is 13.1. The minimum Gasteiger partial charge on any atom is -0.493 e. The molecule has 10 nitrogen and oxygen atoms in total. The molecule has 2 saturated heterocycles. The number of aromatic carboxylic acids is 1. The number of carboxylic acid groups (broad SMARTS) is 1.